The Kier molecular flexibility index (Phi) is 48.1. The van der Waals surface area contributed by atoms with Gasteiger partial charge in [-0.15, -0.1) is 0 Å². The molecule has 8 rings (SSSR count). The second-order valence-corrected chi connectivity index (χ2v) is 33.5. The van der Waals surface area contributed by atoms with E-state index in [0.29, 0.717) is 25.7 Å². The molecule has 3 saturated heterocycles. The van der Waals surface area contributed by atoms with Gasteiger partial charge in [0, 0.05) is 31.2 Å². The molecule has 0 aliphatic carbocycles. The lowest BCUT2D eigenvalue weighted by Crippen LogP contribution is -2.71. The maximum Gasteiger partial charge on any atom is 0.306 e. The number of esters is 2. The monoisotopic (exact) mass is 1600 g/mol. The molecule has 2 amide bonds. The first-order valence-corrected chi connectivity index (χ1v) is 46.9. The van der Waals surface area contributed by atoms with Crippen LogP contribution in [0.5, 0.6) is 0 Å². The summed E-state index contributed by atoms with van der Waals surface area (Å²) in [6.07, 6.45) is 39.5. The Morgan fingerprint density at radius 3 is 1.09 bits per heavy atom. The molecule has 3 heterocycles. The molecule has 0 bridgehead atoms. The van der Waals surface area contributed by atoms with Crippen LogP contribution in [0.1, 0.15) is 370 Å². The molecular weight excluding hydrogens is 1450 g/mol. The van der Waals surface area contributed by atoms with Crippen LogP contribution in [-0.4, -0.2) is 98.3 Å². The van der Waals surface area contributed by atoms with Crippen LogP contribution >= 0.6 is 0 Å². The predicted octanol–water partition coefficient (Wildman–Crippen LogP) is 24.8. The van der Waals surface area contributed by atoms with Crippen molar-refractivity contribution in [1.82, 2.24) is 10.6 Å². The molecule has 0 radical (unpaired) electrons. The van der Waals surface area contributed by atoms with E-state index in [2.05, 4.69) is 74.7 Å². The Morgan fingerprint density at radius 1 is 0.362 bits per heavy atom. The standard InChI is InChI=1S/C101H152N2O13/c1-5-9-13-17-21-25-29-33-37-41-60-74-88(104)102-92-96(113-90(106)76-62-43-39-35-31-27-23-19-15-11-7-3)95(87(111-99(92)108-78-81-64-50-45-51-65-81)80-110-101(83-68-54-47-55-69-83,84-70-56-48-57-71-84)85-72-58-49-59-73-85)116-100-93(103-89(105)75-61-42-38-34-30-26-22-18-14-10-6-2)97(94-86(112-100)79-109-98(115-94)82-66-52-46-53-67-82)114-91(107)77-63-44-40-36-32-28-24-20-16-12-8-4/h45-59,64-73,86-87,92-100H,5-44,60-63,74-80H2,1-4H3,(H,102,104)(H,103,105)/t86-,87-,92-,93-,94-,95-,96-,97-,98?,99-,100+/m1/s1. The Hall–Kier alpha value is -6.30. The molecule has 2 N–H and O–H groups in total. The zero-order valence-corrected chi connectivity index (χ0v) is 72.2. The number of unbranched alkanes of at least 4 members (excludes halogenated alkanes) is 40. The highest BCUT2D eigenvalue weighted by molar-refractivity contribution is 5.77. The molecule has 3 fully saturated rings. The van der Waals surface area contributed by atoms with Gasteiger partial charge in [0.25, 0.3) is 0 Å². The zero-order chi connectivity index (χ0) is 81.6. The van der Waals surface area contributed by atoms with Gasteiger partial charge in [0.05, 0.1) is 19.8 Å². The summed E-state index contributed by atoms with van der Waals surface area (Å²) in [7, 11) is 0. The van der Waals surface area contributed by atoms with E-state index in [9.17, 15) is 4.79 Å². The number of amides is 2. The SMILES string of the molecule is CCCCCCCCCCCCCC(=O)N[C@H]1[C@H](O[C@H]2[C@H](OC(=O)CCCCCCCCCCCCC)[C@@H](NC(=O)CCCCCCCCCCCCC)[C@H](OCc3ccccc3)O[C@@H]2COC(c2ccccc2)(c2ccccc2)c2ccccc2)O[C@@H]2COC(c3ccccc3)O[C@H]2[C@@H]1OC(=O)CCCCCCCCCCCCC. The van der Waals surface area contributed by atoms with Gasteiger partial charge >= 0.3 is 11.9 Å². The third-order valence-corrected chi connectivity index (χ3v) is 23.8. The minimum atomic E-state index is -1.45. The van der Waals surface area contributed by atoms with Crippen molar-refractivity contribution in [3.8, 4) is 0 Å². The number of nitrogens with one attached hydrogen (secondary N) is 2. The van der Waals surface area contributed by atoms with Crippen molar-refractivity contribution in [3.63, 3.8) is 0 Å². The molecule has 1 unspecified atom stereocenters. The van der Waals surface area contributed by atoms with Crippen molar-refractivity contribution in [2.24, 2.45) is 0 Å². The van der Waals surface area contributed by atoms with Crippen LogP contribution < -0.4 is 10.6 Å². The fourth-order valence-corrected chi connectivity index (χ4v) is 17.0. The number of hydrogen-bond acceptors (Lipinski definition) is 13. The summed E-state index contributed by atoms with van der Waals surface area (Å²) in [6, 6.07) is 47.5. The topological polar surface area (TPSA) is 175 Å². The fraction of sp³-hybridized carbons (Fsp3) is 0.663. The highest BCUT2D eigenvalue weighted by Gasteiger charge is 2.58. The zero-order valence-electron chi connectivity index (χ0n) is 72.2. The number of ether oxygens (including phenoxy) is 9. The first-order valence-electron chi connectivity index (χ1n) is 46.9. The highest BCUT2D eigenvalue weighted by Crippen LogP contribution is 2.44. The average molecular weight is 1600 g/mol. The molecule has 11 atom stereocenters. The number of benzene rings is 5. The smallest absolute Gasteiger partial charge is 0.306 e. The summed E-state index contributed by atoms with van der Waals surface area (Å²) in [6.45, 7) is 8.88. The molecule has 644 valence electrons. The van der Waals surface area contributed by atoms with Gasteiger partial charge in [-0.3, -0.25) is 19.2 Å². The van der Waals surface area contributed by atoms with Crippen LogP contribution in [0, 0.1) is 0 Å². The summed E-state index contributed by atoms with van der Waals surface area (Å²) in [5.41, 5.74) is 2.88. The first-order chi connectivity index (χ1) is 57.1. The molecule has 116 heavy (non-hydrogen) atoms. The maximum atomic E-state index is 15.4. The third-order valence-electron chi connectivity index (χ3n) is 23.8. The number of hydrogen-bond donors (Lipinski definition) is 2. The molecule has 3 aliphatic rings. The van der Waals surface area contributed by atoms with Crippen LogP contribution in [0.25, 0.3) is 0 Å². The number of carbonyl (C=O) groups is 4. The van der Waals surface area contributed by atoms with E-state index < -0.39 is 85.1 Å². The molecule has 15 heteroatoms. The van der Waals surface area contributed by atoms with Crippen LogP contribution in [0.15, 0.2) is 152 Å². The Bertz CT molecular complexity index is 3220. The summed E-state index contributed by atoms with van der Waals surface area (Å²) < 4.78 is 65.1. The Balaban J connectivity index is 1.20. The Morgan fingerprint density at radius 2 is 0.698 bits per heavy atom. The van der Waals surface area contributed by atoms with E-state index in [1.807, 2.05) is 115 Å². The van der Waals surface area contributed by atoms with Gasteiger partial charge in [0.1, 0.15) is 42.1 Å². The van der Waals surface area contributed by atoms with Gasteiger partial charge in [-0.2, -0.15) is 0 Å². The van der Waals surface area contributed by atoms with Crippen LogP contribution in [0.4, 0.5) is 0 Å². The molecular formula is C101H152N2O13. The molecule has 0 spiro atoms. The van der Waals surface area contributed by atoms with Crippen LogP contribution in [0.2, 0.25) is 0 Å². The lowest BCUT2D eigenvalue weighted by Gasteiger charge is -2.51. The van der Waals surface area contributed by atoms with Crippen molar-refractivity contribution in [2.45, 2.75) is 416 Å². The molecule has 5 aromatic rings. The van der Waals surface area contributed by atoms with Gasteiger partial charge in [-0.05, 0) is 47.9 Å². The normalized spacial score (nSPS) is 20.7. The number of carbonyl (C=O) groups excluding carboxylic acids is 4. The summed E-state index contributed by atoms with van der Waals surface area (Å²) in [4.78, 5) is 60.7. The van der Waals surface area contributed by atoms with Gasteiger partial charge < -0.3 is 53.3 Å². The summed E-state index contributed by atoms with van der Waals surface area (Å²) in [5.74, 6) is -1.43. The second kappa shape index (κ2) is 58.6. The first kappa shape index (κ1) is 95.2. The number of rotatable bonds is 64. The lowest BCUT2D eigenvalue weighted by atomic mass is 9.80. The fourth-order valence-electron chi connectivity index (χ4n) is 17.0. The predicted molar refractivity (Wildman–Crippen MR) is 467 cm³/mol. The minimum absolute atomic E-state index is 0.00209. The van der Waals surface area contributed by atoms with Gasteiger partial charge in [0.2, 0.25) is 11.8 Å². The molecule has 0 saturated carbocycles. The van der Waals surface area contributed by atoms with Crippen LogP contribution in [-0.2, 0) is 74.0 Å². The molecule has 3 aliphatic heterocycles. The minimum Gasteiger partial charge on any atom is -0.457 e. The maximum absolute atomic E-state index is 15.4. The highest BCUT2D eigenvalue weighted by atomic mass is 16.8. The van der Waals surface area contributed by atoms with E-state index in [1.54, 1.807) is 0 Å². The number of fused-ring (bicyclic) bond motifs is 1. The van der Waals surface area contributed by atoms with E-state index in [1.165, 1.54) is 173 Å². The van der Waals surface area contributed by atoms with Gasteiger partial charge in [-0.25, -0.2) is 0 Å². The quantitative estimate of drug-likeness (QED) is 0.0214. The van der Waals surface area contributed by atoms with E-state index >= 15 is 14.4 Å². The van der Waals surface area contributed by atoms with Crippen molar-refractivity contribution < 1.29 is 61.8 Å². The van der Waals surface area contributed by atoms with Crippen molar-refractivity contribution in [3.05, 3.63) is 179 Å². The molecule has 5 aromatic carbocycles. The largest absolute Gasteiger partial charge is 0.457 e. The van der Waals surface area contributed by atoms with Crippen molar-refractivity contribution in [1.29, 1.82) is 0 Å². The van der Waals surface area contributed by atoms with Crippen molar-refractivity contribution >= 4 is 23.8 Å². The molecule has 0 aromatic heterocycles. The second-order valence-electron chi connectivity index (χ2n) is 33.5. The third kappa shape index (κ3) is 34.8. The summed E-state index contributed by atoms with van der Waals surface area (Å²) >= 11 is 0. The van der Waals surface area contributed by atoms with E-state index in [0.717, 1.165) is 111 Å². The van der Waals surface area contributed by atoms with Crippen LogP contribution in [0.3, 0.4) is 0 Å². The van der Waals surface area contributed by atoms with Gasteiger partial charge in [-0.1, -0.05) is 436 Å². The average Bonchev–Trinajstić information content (AvgIpc) is 0.755. The summed E-state index contributed by atoms with van der Waals surface area (Å²) in [5, 5.41) is 6.77. The Labute approximate surface area is 700 Å². The van der Waals surface area contributed by atoms with E-state index in [-0.39, 0.29) is 57.3 Å². The lowest BCUT2D eigenvalue weighted by molar-refractivity contribution is -0.367. The van der Waals surface area contributed by atoms with Gasteiger partial charge in [0.15, 0.2) is 31.1 Å². The van der Waals surface area contributed by atoms with E-state index in [4.69, 9.17) is 42.6 Å². The molecule has 15 nitrogen and oxygen atoms in total. The van der Waals surface area contributed by atoms with Crippen molar-refractivity contribution in [2.75, 3.05) is 13.2 Å².